The van der Waals surface area contributed by atoms with Crippen molar-refractivity contribution in [1.29, 1.82) is 0 Å². The first-order valence-corrected chi connectivity index (χ1v) is 8.07. The monoisotopic (exact) mass is 458 g/mol. The highest BCUT2D eigenvalue weighted by Crippen LogP contribution is 1.92. The van der Waals surface area contributed by atoms with Crippen molar-refractivity contribution in [2.75, 3.05) is 13.2 Å². The van der Waals surface area contributed by atoms with Crippen LogP contribution in [0.3, 0.4) is 0 Å². The lowest BCUT2D eigenvalue weighted by Crippen LogP contribution is -2.34. The Hall–Kier alpha value is -3.38. The number of hydrogen-bond donors (Lipinski definition) is 11. The number of carbonyl (C=O) groups is 6. The lowest BCUT2D eigenvalue weighted by atomic mass is 10.2. The molecule has 0 aliphatic carbocycles. The number of aliphatic carboxylic acids is 4. The average Bonchev–Trinajstić information content (AvgIpc) is 2.65. The Bertz CT molecular complexity index is 587. The van der Waals surface area contributed by atoms with Crippen molar-refractivity contribution in [3.63, 3.8) is 0 Å². The Balaban J connectivity index is -0.000000161. The lowest BCUT2D eigenvalue weighted by Gasteiger charge is -2.01. The van der Waals surface area contributed by atoms with Crippen molar-refractivity contribution < 1.29 is 54.3 Å². The quantitative estimate of drug-likeness (QED) is 0.145. The maximum absolute atomic E-state index is 10.1. The number of carboxylic acid groups (broad SMARTS) is 4. The molecule has 0 fully saturated rings. The van der Waals surface area contributed by atoms with Gasteiger partial charge in [-0.3, -0.25) is 28.8 Å². The van der Waals surface area contributed by atoms with Crippen molar-refractivity contribution in [3.8, 4) is 0 Å². The van der Waals surface area contributed by atoms with Crippen molar-refractivity contribution >= 4 is 35.7 Å². The molecule has 2 amide bonds. The summed E-state index contributed by atoms with van der Waals surface area (Å²) < 4.78 is 0. The van der Waals surface area contributed by atoms with Gasteiger partial charge in [0, 0.05) is 6.42 Å². The second-order valence-electron chi connectivity index (χ2n) is 5.29. The Morgan fingerprint density at radius 1 is 0.677 bits per heavy atom. The molecule has 17 heteroatoms. The molecule has 0 heterocycles. The minimum absolute atomic E-state index is 0.0213. The fraction of sp³-hybridized carbons (Fsp3) is 0.571. The molecule has 0 saturated carbocycles. The largest absolute Gasteiger partial charge is 0.480 e. The minimum Gasteiger partial charge on any atom is -0.480 e. The topological polar surface area (TPSA) is 360 Å². The van der Waals surface area contributed by atoms with Crippen molar-refractivity contribution in [2.45, 2.75) is 37.4 Å². The molecule has 0 aromatic rings. The van der Waals surface area contributed by atoms with Gasteiger partial charge in [-0.25, -0.2) is 0 Å². The third-order valence-corrected chi connectivity index (χ3v) is 2.45. The van der Waals surface area contributed by atoms with Crippen LogP contribution < -0.4 is 34.4 Å². The van der Waals surface area contributed by atoms with E-state index >= 15 is 0 Å². The molecule has 182 valence electrons. The molecule has 0 aliphatic heterocycles. The lowest BCUT2D eigenvalue weighted by molar-refractivity contribution is -0.140. The smallest absolute Gasteiger partial charge is 0.322 e. The second-order valence-corrected chi connectivity index (χ2v) is 5.29. The molecule has 17 N–H and O–H groups in total. The minimum atomic E-state index is -1.21. The molecular weight excluding hydrogens is 428 g/mol. The average molecular weight is 458 g/mol. The first-order chi connectivity index (χ1) is 14.0. The number of primary amides is 2. The summed E-state index contributed by atoms with van der Waals surface area (Å²) in [5.74, 6) is -5.70. The summed E-state index contributed by atoms with van der Waals surface area (Å²) in [5.41, 5.74) is 28.7. The Kier molecular flexibility index (Phi) is 24.1. The zero-order valence-corrected chi connectivity index (χ0v) is 16.4. The fourth-order valence-electron chi connectivity index (χ4n) is 0.803. The van der Waals surface area contributed by atoms with Crippen LogP contribution in [0.5, 0.6) is 0 Å². The van der Waals surface area contributed by atoms with Gasteiger partial charge >= 0.3 is 23.9 Å². The van der Waals surface area contributed by atoms with Crippen LogP contribution in [-0.4, -0.2) is 92.5 Å². The first-order valence-electron chi connectivity index (χ1n) is 8.07. The van der Waals surface area contributed by atoms with E-state index in [4.69, 9.17) is 48.5 Å². The van der Waals surface area contributed by atoms with E-state index in [0.29, 0.717) is 0 Å². The second kappa shape index (κ2) is 21.3. The van der Waals surface area contributed by atoms with Crippen LogP contribution in [0.25, 0.3) is 0 Å². The Morgan fingerprint density at radius 2 is 1.03 bits per heavy atom. The standard InChI is InChI=1S/C5H10N2O3.C4H8N2O3.C3H7NO3.C2H5NO2/c6-3(5(9)10)1-2-4(7)8;5-2(4(8)9)1-3(6)7;4-2(1-5)3(6)7;3-1-2(4)5/h3H,1-2,6H2,(H2,7,8)(H,9,10);2H,1,5H2,(H2,6,7)(H,8,9);2,5H,1,4H2,(H,6,7);1,3H2,(H,4,5)/t3-;2*2-;/m000./s1. The summed E-state index contributed by atoms with van der Waals surface area (Å²) in [7, 11) is 0. The predicted octanol–water partition coefficient (Wildman–Crippen LogP) is -5.64. The predicted molar refractivity (Wildman–Crippen MR) is 103 cm³/mol. The van der Waals surface area contributed by atoms with Gasteiger partial charge in [-0.05, 0) is 6.42 Å². The van der Waals surface area contributed by atoms with Crippen LogP contribution in [0.4, 0.5) is 0 Å². The summed E-state index contributed by atoms with van der Waals surface area (Å²) in [5, 5.41) is 39.8. The Labute approximate surface area is 175 Å². The van der Waals surface area contributed by atoms with Gasteiger partial charge < -0.3 is 59.9 Å². The van der Waals surface area contributed by atoms with Crippen LogP contribution in [-0.2, 0) is 28.8 Å². The van der Waals surface area contributed by atoms with Gasteiger partial charge in [0.15, 0.2) is 0 Å². The van der Waals surface area contributed by atoms with Crippen LogP contribution in [0.15, 0.2) is 0 Å². The van der Waals surface area contributed by atoms with Gasteiger partial charge in [-0.2, -0.15) is 0 Å². The molecule has 31 heavy (non-hydrogen) atoms. The van der Waals surface area contributed by atoms with Crippen molar-refractivity contribution in [3.05, 3.63) is 0 Å². The Morgan fingerprint density at radius 3 is 1.16 bits per heavy atom. The van der Waals surface area contributed by atoms with Gasteiger partial charge in [0.25, 0.3) is 0 Å². The summed E-state index contributed by atoms with van der Waals surface area (Å²) >= 11 is 0. The van der Waals surface area contributed by atoms with Crippen molar-refractivity contribution in [2.24, 2.45) is 34.4 Å². The highest BCUT2D eigenvalue weighted by Gasteiger charge is 2.13. The third-order valence-electron chi connectivity index (χ3n) is 2.45. The molecular formula is C14H30N6O11. The van der Waals surface area contributed by atoms with Gasteiger partial charge in [0.1, 0.15) is 18.1 Å². The highest BCUT2D eigenvalue weighted by atomic mass is 16.4. The molecule has 3 atom stereocenters. The number of aliphatic hydroxyl groups excluding tert-OH is 1. The van der Waals surface area contributed by atoms with E-state index in [1.54, 1.807) is 0 Å². The zero-order valence-electron chi connectivity index (χ0n) is 16.4. The molecule has 0 radical (unpaired) electrons. The van der Waals surface area contributed by atoms with E-state index in [9.17, 15) is 28.8 Å². The van der Waals surface area contributed by atoms with Gasteiger partial charge in [-0.1, -0.05) is 0 Å². The van der Waals surface area contributed by atoms with Crippen LogP contribution >= 0.6 is 0 Å². The van der Waals surface area contributed by atoms with E-state index in [1.165, 1.54) is 0 Å². The molecule has 0 bridgehead atoms. The van der Waals surface area contributed by atoms with Gasteiger partial charge in [0.05, 0.1) is 19.6 Å². The molecule has 0 aromatic carbocycles. The molecule has 0 unspecified atom stereocenters. The van der Waals surface area contributed by atoms with E-state index in [2.05, 4.69) is 11.5 Å². The van der Waals surface area contributed by atoms with Crippen LogP contribution in [0, 0.1) is 0 Å². The summed E-state index contributed by atoms with van der Waals surface area (Å²) in [4.78, 5) is 58.9. The molecule has 0 aliphatic rings. The number of hydrogen-bond acceptors (Lipinski definition) is 11. The number of carboxylic acids is 4. The first kappa shape index (κ1) is 35.1. The molecule has 0 rings (SSSR count). The summed E-state index contributed by atoms with van der Waals surface area (Å²) in [6.45, 7) is -0.782. The van der Waals surface area contributed by atoms with Gasteiger partial charge in [-0.15, -0.1) is 0 Å². The van der Waals surface area contributed by atoms with Crippen LogP contribution in [0.1, 0.15) is 19.3 Å². The molecule has 0 spiro atoms. The van der Waals surface area contributed by atoms with Crippen LogP contribution in [0.2, 0.25) is 0 Å². The van der Waals surface area contributed by atoms with E-state index < -0.39 is 60.4 Å². The van der Waals surface area contributed by atoms with E-state index in [0.717, 1.165) is 0 Å². The number of aliphatic hydroxyl groups is 1. The summed E-state index contributed by atoms with van der Waals surface area (Å²) in [6, 6.07) is -3.27. The van der Waals surface area contributed by atoms with E-state index in [1.807, 2.05) is 0 Å². The fourth-order valence-corrected chi connectivity index (χ4v) is 0.803. The maximum atomic E-state index is 10.1. The number of amides is 2. The maximum Gasteiger partial charge on any atom is 0.322 e. The van der Waals surface area contributed by atoms with Gasteiger partial charge in [0.2, 0.25) is 11.8 Å². The summed E-state index contributed by atoms with van der Waals surface area (Å²) in [6.07, 6.45) is -0.187. The number of rotatable bonds is 10. The SMILES string of the molecule is NC(=O)CC[C@H](N)C(=O)O.NC(=O)C[C@H](N)C(=O)O.NCC(=O)O.N[C@@H](CO)C(=O)O. The normalized spacial score (nSPS) is 11.9. The van der Waals surface area contributed by atoms with E-state index in [-0.39, 0.29) is 25.8 Å². The number of nitrogens with two attached hydrogens (primary N) is 6. The molecule has 17 nitrogen and oxygen atoms in total. The highest BCUT2D eigenvalue weighted by molar-refractivity contribution is 5.83. The zero-order chi connectivity index (χ0) is 25.7. The number of carbonyl (C=O) groups excluding carboxylic acids is 2. The molecule has 0 saturated heterocycles. The van der Waals surface area contributed by atoms with Crippen molar-refractivity contribution in [1.82, 2.24) is 0 Å². The third kappa shape index (κ3) is 34.5. The molecule has 0 aromatic heterocycles.